The van der Waals surface area contributed by atoms with Crippen LogP contribution in [-0.2, 0) is 13.2 Å². The Morgan fingerprint density at radius 3 is 2.41 bits per heavy atom. The van der Waals surface area contributed by atoms with Gasteiger partial charge in [-0.2, -0.15) is 0 Å². The zero-order chi connectivity index (χ0) is 12.3. The fourth-order valence-corrected chi connectivity index (χ4v) is 2.32. The van der Waals surface area contributed by atoms with Gasteiger partial charge < -0.3 is 10.8 Å². The van der Waals surface area contributed by atoms with Crippen molar-refractivity contribution in [2.45, 2.75) is 18.0 Å². The lowest BCUT2D eigenvalue weighted by molar-refractivity contribution is 0.282. The summed E-state index contributed by atoms with van der Waals surface area (Å²) >= 11 is 4.47. The monoisotopic (exact) mass is 245 g/mol. The lowest BCUT2D eigenvalue weighted by atomic mass is 9.95. The molecule has 3 N–H and O–H groups in total. The minimum atomic E-state index is 0.00262. The van der Waals surface area contributed by atoms with Gasteiger partial charge in [0.1, 0.15) is 0 Å². The molecule has 0 saturated heterocycles. The predicted octanol–water partition coefficient (Wildman–Crippen LogP) is 2.59. The molecule has 88 valence electrons. The average Bonchev–Trinajstić information content (AvgIpc) is 2.38. The van der Waals surface area contributed by atoms with Gasteiger partial charge >= 0.3 is 0 Å². The van der Waals surface area contributed by atoms with Crippen molar-refractivity contribution in [3.8, 4) is 11.1 Å². The van der Waals surface area contributed by atoms with E-state index in [1.54, 1.807) is 0 Å². The van der Waals surface area contributed by atoms with E-state index >= 15 is 0 Å². The van der Waals surface area contributed by atoms with Gasteiger partial charge in [0, 0.05) is 17.0 Å². The highest BCUT2D eigenvalue weighted by atomic mass is 32.1. The molecular weight excluding hydrogens is 230 g/mol. The molecular formula is C14H15NOS. The van der Waals surface area contributed by atoms with Crippen LogP contribution in [0.4, 0.5) is 0 Å². The third-order valence-corrected chi connectivity index (χ3v) is 3.18. The molecule has 0 aliphatic rings. The molecule has 2 aromatic carbocycles. The Kier molecular flexibility index (Phi) is 3.84. The van der Waals surface area contributed by atoms with E-state index in [1.807, 2.05) is 42.5 Å². The Balaban J connectivity index is 2.67. The van der Waals surface area contributed by atoms with Crippen molar-refractivity contribution >= 4 is 12.6 Å². The molecule has 0 spiro atoms. The zero-order valence-electron chi connectivity index (χ0n) is 9.43. The molecule has 0 aliphatic carbocycles. The second kappa shape index (κ2) is 5.36. The van der Waals surface area contributed by atoms with Crippen LogP contribution in [0.25, 0.3) is 11.1 Å². The van der Waals surface area contributed by atoms with Gasteiger partial charge in [-0.15, -0.1) is 12.6 Å². The first-order valence-electron chi connectivity index (χ1n) is 5.48. The van der Waals surface area contributed by atoms with Gasteiger partial charge in [0.2, 0.25) is 0 Å². The number of aliphatic hydroxyl groups excluding tert-OH is 1. The van der Waals surface area contributed by atoms with Crippen molar-refractivity contribution in [1.82, 2.24) is 0 Å². The fraction of sp³-hybridized carbons (Fsp3) is 0.143. The molecule has 2 rings (SSSR count). The van der Waals surface area contributed by atoms with Gasteiger partial charge in [0.25, 0.3) is 0 Å². The molecule has 0 atom stereocenters. The van der Waals surface area contributed by atoms with Crippen LogP contribution in [0.1, 0.15) is 11.1 Å². The minimum absolute atomic E-state index is 0.00262. The SMILES string of the molecule is NCc1ccccc1-c1c(S)cccc1CO. The van der Waals surface area contributed by atoms with E-state index in [1.165, 1.54) is 0 Å². The topological polar surface area (TPSA) is 46.2 Å². The van der Waals surface area contributed by atoms with Crippen LogP contribution in [0.2, 0.25) is 0 Å². The van der Waals surface area contributed by atoms with E-state index < -0.39 is 0 Å². The molecule has 2 nitrogen and oxygen atoms in total. The first-order valence-corrected chi connectivity index (χ1v) is 5.92. The van der Waals surface area contributed by atoms with Crippen molar-refractivity contribution < 1.29 is 5.11 Å². The highest BCUT2D eigenvalue weighted by molar-refractivity contribution is 7.80. The fourth-order valence-electron chi connectivity index (χ4n) is 1.97. The van der Waals surface area contributed by atoms with Crippen molar-refractivity contribution in [2.75, 3.05) is 0 Å². The zero-order valence-corrected chi connectivity index (χ0v) is 10.3. The molecule has 0 fully saturated rings. The van der Waals surface area contributed by atoms with Crippen LogP contribution >= 0.6 is 12.6 Å². The molecule has 0 heterocycles. The molecule has 0 bridgehead atoms. The van der Waals surface area contributed by atoms with E-state index in [2.05, 4.69) is 12.6 Å². The summed E-state index contributed by atoms with van der Waals surface area (Å²) in [7, 11) is 0. The van der Waals surface area contributed by atoms with Crippen LogP contribution < -0.4 is 5.73 Å². The van der Waals surface area contributed by atoms with E-state index in [-0.39, 0.29) is 6.61 Å². The van der Waals surface area contributed by atoms with Crippen LogP contribution in [0.15, 0.2) is 47.4 Å². The van der Waals surface area contributed by atoms with Gasteiger partial charge in [-0.05, 0) is 22.8 Å². The maximum Gasteiger partial charge on any atom is 0.0688 e. The number of hydrogen-bond donors (Lipinski definition) is 3. The van der Waals surface area contributed by atoms with Gasteiger partial charge in [-0.25, -0.2) is 0 Å². The third-order valence-electron chi connectivity index (χ3n) is 2.81. The summed E-state index contributed by atoms with van der Waals surface area (Å²) in [6.07, 6.45) is 0. The summed E-state index contributed by atoms with van der Waals surface area (Å²) in [5, 5.41) is 9.40. The standard InChI is InChI=1S/C14H15NOS/c15-8-10-4-1-2-6-12(10)14-11(9-16)5-3-7-13(14)17/h1-7,16-17H,8-9,15H2. The van der Waals surface area contributed by atoms with E-state index in [4.69, 9.17) is 5.73 Å². The predicted molar refractivity (Wildman–Crippen MR) is 72.9 cm³/mol. The Morgan fingerprint density at radius 1 is 1.00 bits per heavy atom. The number of hydrogen-bond acceptors (Lipinski definition) is 3. The van der Waals surface area contributed by atoms with Crippen molar-refractivity contribution in [3.63, 3.8) is 0 Å². The molecule has 3 heteroatoms. The molecule has 0 saturated carbocycles. The maximum atomic E-state index is 9.40. The number of aliphatic hydroxyl groups is 1. The van der Waals surface area contributed by atoms with Gasteiger partial charge in [-0.1, -0.05) is 36.4 Å². The normalized spacial score (nSPS) is 10.5. The van der Waals surface area contributed by atoms with E-state index in [0.29, 0.717) is 6.54 Å². The van der Waals surface area contributed by atoms with Crippen LogP contribution in [0.3, 0.4) is 0 Å². The summed E-state index contributed by atoms with van der Waals surface area (Å²) in [5.74, 6) is 0. The molecule has 17 heavy (non-hydrogen) atoms. The van der Waals surface area contributed by atoms with Crippen LogP contribution in [0.5, 0.6) is 0 Å². The second-order valence-corrected chi connectivity index (χ2v) is 4.31. The summed E-state index contributed by atoms with van der Waals surface area (Å²) < 4.78 is 0. The first-order chi connectivity index (χ1) is 8.27. The highest BCUT2D eigenvalue weighted by Crippen LogP contribution is 2.32. The van der Waals surface area contributed by atoms with Gasteiger partial charge in [0.15, 0.2) is 0 Å². The number of thiol groups is 1. The smallest absolute Gasteiger partial charge is 0.0688 e. The molecule has 2 aromatic rings. The molecule has 0 aliphatic heterocycles. The molecule has 0 amide bonds. The Morgan fingerprint density at radius 2 is 1.71 bits per heavy atom. The molecule has 0 unspecified atom stereocenters. The Hall–Kier alpha value is -1.29. The van der Waals surface area contributed by atoms with Crippen molar-refractivity contribution in [1.29, 1.82) is 0 Å². The lowest BCUT2D eigenvalue weighted by Gasteiger charge is -2.14. The first kappa shape index (κ1) is 12.2. The number of benzene rings is 2. The van der Waals surface area contributed by atoms with Gasteiger partial charge in [0.05, 0.1) is 6.61 Å². The molecule has 0 radical (unpaired) electrons. The minimum Gasteiger partial charge on any atom is -0.392 e. The molecule has 0 aromatic heterocycles. The van der Waals surface area contributed by atoms with Crippen molar-refractivity contribution in [2.24, 2.45) is 5.73 Å². The number of nitrogens with two attached hydrogens (primary N) is 1. The highest BCUT2D eigenvalue weighted by Gasteiger charge is 2.10. The van der Waals surface area contributed by atoms with Crippen LogP contribution in [0, 0.1) is 0 Å². The number of rotatable bonds is 3. The Labute approximate surface area is 107 Å². The van der Waals surface area contributed by atoms with Crippen LogP contribution in [-0.4, -0.2) is 5.11 Å². The second-order valence-electron chi connectivity index (χ2n) is 3.83. The maximum absolute atomic E-state index is 9.40. The quantitative estimate of drug-likeness (QED) is 0.728. The largest absolute Gasteiger partial charge is 0.392 e. The third kappa shape index (κ3) is 2.36. The van der Waals surface area contributed by atoms with E-state index in [9.17, 15) is 5.11 Å². The summed E-state index contributed by atoms with van der Waals surface area (Å²) in [5.41, 5.74) is 9.69. The van der Waals surface area contributed by atoms with Crippen molar-refractivity contribution in [3.05, 3.63) is 53.6 Å². The Bertz CT molecular complexity index is 525. The lowest BCUT2D eigenvalue weighted by Crippen LogP contribution is -2.00. The summed E-state index contributed by atoms with van der Waals surface area (Å²) in [6.45, 7) is 0.478. The summed E-state index contributed by atoms with van der Waals surface area (Å²) in [4.78, 5) is 0.859. The average molecular weight is 245 g/mol. The van der Waals surface area contributed by atoms with Gasteiger partial charge in [-0.3, -0.25) is 0 Å². The van der Waals surface area contributed by atoms with E-state index in [0.717, 1.165) is 27.1 Å². The summed E-state index contributed by atoms with van der Waals surface area (Å²) in [6, 6.07) is 13.7.